The zero-order valence-corrected chi connectivity index (χ0v) is 15.5. The molecule has 0 saturated heterocycles. The van der Waals surface area contributed by atoms with Crippen LogP contribution in [0.2, 0.25) is 0 Å². The van der Waals surface area contributed by atoms with Crippen molar-refractivity contribution < 1.29 is 27.9 Å². The Hall–Kier alpha value is -1.73. The average Bonchev–Trinajstić information content (AvgIpc) is 2.60. The van der Waals surface area contributed by atoms with Gasteiger partial charge in [-0.05, 0) is 25.8 Å². The molecule has 0 fully saturated rings. The minimum atomic E-state index is -3.94. The number of amides is 1. The number of esters is 1. The molecule has 140 valence electrons. The van der Waals surface area contributed by atoms with Crippen LogP contribution in [0.25, 0.3) is 0 Å². The number of benzene rings is 1. The van der Waals surface area contributed by atoms with Gasteiger partial charge in [0.05, 0.1) is 26.4 Å². The van der Waals surface area contributed by atoms with E-state index in [9.17, 15) is 14.2 Å². The lowest BCUT2D eigenvalue weighted by molar-refractivity contribution is -0.143. The summed E-state index contributed by atoms with van der Waals surface area (Å²) in [6, 6.07) is 8.23. The maximum atomic E-state index is 12.8. The van der Waals surface area contributed by atoms with Crippen LogP contribution in [0.15, 0.2) is 30.3 Å². The second-order valence-corrected chi connectivity index (χ2v) is 7.22. The van der Waals surface area contributed by atoms with Gasteiger partial charge in [-0.1, -0.05) is 30.3 Å². The number of carbonyl (C=O) groups is 2. The number of methoxy groups -OCH3 is 1. The zero-order chi connectivity index (χ0) is 18.9. The summed E-state index contributed by atoms with van der Waals surface area (Å²) in [4.78, 5) is 24.4. The second-order valence-electron chi connectivity index (χ2n) is 5.11. The van der Waals surface area contributed by atoms with E-state index in [4.69, 9.17) is 14.8 Å². The highest BCUT2D eigenvalue weighted by Gasteiger charge is 2.43. The van der Waals surface area contributed by atoms with Crippen LogP contribution in [0.1, 0.15) is 19.4 Å². The van der Waals surface area contributed by atoms with E-state index in [1.807, 2.05) is 30.3 Å². The minimum absolute atomic E-state index is 0.0384. The van der Waals surface area contributed by atoms with E-state index < -0.39 is 31.3 Å². The van der Waals surface area contributed by atoms with Gasteiger partial charge in [0.1, 0.15) is 0 Å². The minimum Gasteiger partial charge on any atom is -0.467 e. The van der Waals surface area contributed by atoms with Crippen molar-refractivity contribution in [1.29, 1.82) is 0 Å². The molecule has 0 spiro atoms. The third-order valence-corrected chi connectivity index (χ3v) is 5.48. The first-order valence-electron chi connectivity index (χ1n) is 7.94. The van der Waals surface area contributed by atoms with E-state index in [1.165, 1.54) is 0 Å². The standard InChI is InChI=1S/C16H25N2O6P/c1-4-23-25(21,24-5-2)15(16(20)22-3)18-14(19)13(17)11-12-9-7-6-8-10-12/h6-10,13,15H,4-5,11,17H2,1-3H3,(H,18,19)/t13-,15?/m0/s1. The molecule has 1 unspecified atom stereocenters. The van der Waals surface area contributed by atoms with Crippen molar-refractivity contribution in [3.8, 4) is 0 Å². The Morgan fingerprint density at radius 3 is 2.20 bits per heavy atom. The average molecular weight is 372 g/mol. The lowest BCUT2D eigenvalue weighted by Gasteiger charge is -2.26. The summed E-state index contributed by atoms with van der Waals surface area (Å²) >= 11 is 0. The number of ether oxygens (including phenoxy) is 1. The predicted molar refractivity (Wildman–Crippen MR) is 92.9 cm³/mol. The third-order valence-electron chi connectivity index (χ3n) is 3.27. The molecular formula is C16H25N2O6P. The number of hydrogen-bond donors (Lipinski definition) is 2. The first kappa shape index (κ1) is 21.3. The third kappa shape index (κ3) is 6.25. The molecule has 1 rings (SSSR count). The van der Waals surface area contributed by atoms with E-state index in [1.54, 1.807) is 13.8 Å². The lowest BCUT2D eigenvalue weighted by Crippen LogP contribution is -2.49. The second kappa shape index (κ2) is 10.3. The molecule has 0 heterocycles. The van der Waals surface area contributed by atoms with Gasteiger partial charge in [0.25, 0.3) is 0 Å². The number of carbonyl (C=O) groups excluding carboxylic acids is 2. The summed E-state index contributed by atoms with van der Waals surface area (Å²) in [5, 5.41) is 2.35. The van der Waals surface area contributed by atoms with Gasteiger partial charge < -0.3 is 24.8 Å². The molecule has 0 bridgehead atoms. The normalized spacial score (nSPS) is 13.8. The molecule has 8 nitrogen and oxygen atoms in total. The molecule has 1 aromatic rings. The maximum absolute atomic E-state index is 12.8. The summed E-state index contributed by atoms with van der Waals surface area (Å²) in [5.41, 5.74) is 6.75. The molecule has 25 heavy (non-hydrogen) atoms. The van der Waals surface area contributed by atoms with E-state index in [2.05, 4.69) is 10.1 Å². The highest BCUT2D eigenvalue weighted by molar-refractivity contribution is 7.55. The molecule has 1 aromatic carbocycles. The Balaban J connectivity index is 2.91. The van der Waals surface area contributed by atoms with E-state index >= 15 is 0 Å². The smallest absolute Gasteiger partial charge is 0.364 e. The molecular weight excluding hydrogens is 347 g/mol. The van der Waals surface area contributed by atoms with Gasteiger partial charge in [-0.25, -0.2) is 4.79 Å². The lowest BCUT2D eigenvalue weighted by atomic mass is 10.1. The van der Waals surface area contributed by atoms with Crippen molar-refractivity contribution in [1.82, 2.24) is 5.32 Å². The van der Waals surface area contributed by atoms with Gasteiger partial charge in [0.15, 0.2) is 0 Å². The van der Waals surface area contributed by atoms with Crippen LogP contribution >= 0.6 is 7.60 Å². The van der Waals surface area contributed by atoms with Gasteiger partial charge >= 0.3 is 13.6 Å². The summed E-state index contributed by atoms with van der Waals surface area (Å²) in [6.07, 6.45) is 0.258. The quantitative estimate of drug-likeness (QED) is 0.471. The summed E-state index contributed by atoms with van der Waals surface area (Å²) in [7, 11) is -2.82. The van der Waals surface area contributed by atoms with Gasteiger partial charge in [-0.3, -0.25) is 9.36 Å². The predicted octanol–water partition coefficient (Wildman–Crippen LogP) is 1.44. The summed E-state index contributed by atoms with van der Waals surface area (Å²) in [5.74, 6) is -3.16. The van der Waals surface area contributed by atoms with Gasteiger partial charge in [0, 0.05) is 0 Å². The highest BCUT2D eigenvalue weighted by Crippen LogP contribution is 2.52. The zero-order valence-electron chi connectivity index (χ0n) is 14.6. The molecule has 0 radical (unpaired) electrons. The van der Waals surface area contributed by atoms with Crippen molar-refractivity contribution >= 4 is 19.5 Å². The SMILES string of the molecule is CCOP(=O)(OCC)C(NC(=O)[C@@H](N)Cc1ccccc1)C(=O)OC. The molecule has 0 aliphatic rings. The highest BCUT2D eigenvalue weighted by atomic mass is 31.2. The fourth-order valence-electron chi connectivity index (χ4n) is 2.13. The molecule has 0 saturated carbocycles. The number of nitrogens with two attached hydrogens (primary N) is 1. The van der Waals surface area contributed by atoms with Crippen LogP contribution in [0, 0.1) is 0 Å². The van der Waals surface area contributed by atoms with Crippen LogP contribution < -0.4 is 11.1 Å². The van der Waals surface area contributed by atoms with Crippen LogP contribution in [0.4, 0.5) is 0 Å². The van der Waals surface area contributed by atoms with Crippen LogP contribution in [-0.4, -0.2) is 44.0 Å². The molecule has 0 aliphatic heterocycles. The molecule has 9 heteroatoms. The van der Waals surface area contributed by atoms with Gasteiger partial charge in [0.2, 0.25) is 11.7 Å². The van der Waals surface area contributed by atoms with Crippen LogP contribution in [0.3, 0.4) is 0 Å². The Morgan fingerprint density at radius 2 is 1.72 bits per heavy atom. The van der Waals surface area contributed by atoms with Crippen molar-refractivity contribution in [2.45, 2.75) is 32.1 Å². The van der Waals surface area contributed by atoms with E-state index in [-0.39, 0.29) is 19.6 Å². The van der Waals surface area contributed by atoms with E-state index in [0.717, 1.165) is 12.7 Å². The van der Waals surface area contributed by atoms with Gasteiger partial charge in [-0.15, -0.1) is 0 Å². The molecule has 3 N–H and O–H groups in total. The number of rotatable bonds is 10. The molecule has 0 aromatic heterocycles. The van der Waals surface area contributed by atoms with Crippen LogP contribution in [0.5, 0.6) is 0 Å². The summed E-state index contributed by atoms with van der Waals surface area (Å²) < 4.78 is 27.7. The monoisotopic (exact) mass is 372 g/mol. The van der Waals surface area contributed by atoms with Gasteiger partial charge in [-0.2, -0.15) is 0 Å². The number of nitrogens with one attached hydrogen (secondary N) is 1. The number of hydrogen-bond acceptors (Lipinski definition) is 7. The fourth-order valence-corrected chi connectivity index (χ4v) is 3.87. The Labute approximate surface area is 147 Å². The van der Waals surface area contributed by atoms with Crippen molar-refractivity contribution in [2.24, 2.45) is 5.73 Å². The molecule has 2 atom stereocenters. The maximum Gasteiger partial charge on any atom is 0.364 e. The fraction of sp³-hybridized carbons (Fsp3) is 0.500. The Bertz CT molecular complexity index is 600. The Kier molecular flexibility index (Phi) is 8.78. The largest absolute Gasteiger partial charge is 0.467 e. The molecule has 0 aliphatic carbocycles. The van der Waals surface area contributed by atoms with Crippen molar-refractivity contribution in [3.63, 3.8) is 0 Å². The van der Waals surface area contributed by atoms with Crippen LogP contribution in [-0.2, 0) is 34.4 Å². The first-order chi connectivity index (χ1) is 11.9. The first-order valence-corrected chi connectivity index (χ1v) is 9.55. The van der Waals surface area contributed by atoms with Crippen molar-refractivity contribution in [3.05, 3.63) is 35.9 Å². The van der Waals surface area contributed by atoms with E-state index in [0.29, 0.717) is 0 Å². The molecule has 1 amide bonds. The topological polar surface area (TPSA) is 117 Å². The summed E-state index contributed by atoms with van der Waals surface area (Å²) in [6.45, 7) is 3.28. The van der Waals surface area contributed by atoms with Crippen molar-refractivity contribution in [2.75, 3.05) is 20.3 Å². The Morgan fingerprint density at radius 1 is 1.16 bits per heavy atom.